The topological polar surface area (TPSA) is 67.9 Å². The second-order valence-electron chi connectivity index (χ2n) is 6.61. The molecule has 0 amide bonds. The molecular formula is C24H22N2O3. The molecule has 1 N–H and O–H groups in total. The summed E-state index contributed by atoms with van der Waals surface area (Å²) in [5.41, 5.74) is 4.97. The molecule has 0 aliphatic carbocycles. The van der Waals surface area contributed by atoms with Gasteiger partial charge in [0.15, 0.2) is 17.1 Å². The van der Waals surface area contributed by atoms with Crippen LogP contribution in [0.1, 0.15) is 25.0 Å². The van der Waals surface area contributed by atoms with Crippen molar-refractivity contribution in [3.63, 3.8) is 0 Å². The molecule has 0 bridgehead atoms. The number of aromatic nitrogens is 1. The maximum atomic E-state index is 10.3. The van der Waals surface area contributed by atoms with Crippen molar-refractivity contribution in [1.29, 1.82) is 0 Å². The zero-order chi connectivity index (χ0) is 20.2. The summed E-state index contributed by atoms with van der Waals surface area (Å²) in [5, 5.41) is 10.3. The normalized spacial score (nSPS) is 11.4. The molecule has 0 saturated carbocycles. The highest BCUT2D eigenvalue weighted by atomic mass is 16.5. The predicted octanol–water partition coefficient (Wildman–Crippen LogP) is 5.91. The molecule has 0 aliphatic rings. The number of fused-ring (bicyclic) bond motifs is 1. The molecule has 0 unspecified atom stereocenters. The molecular weight excluding hydrogens is 364 g/mol. The van der Waals surface area contributed by atoms with Gasteiger partial charge in [0.2, 0.25) is 5.89 Å². The Morgan fingerprint density at radius 3 is 2.66 bits per heavy atom. The number of para-hydroxylation sites is 1. The summed E-state index contributed by atoms with van der Waals surface area (Å²) in [6.45, 7) is 4.49. The number of phenols is 1. The lowest BCUT2D eigenvalue weighted by Crippen LogP contribution is -1.93. The summed E-state index contributed by atoms with van der Waals surface area (Å²) < 4.78 is 11.4. The van der Waals surface area contributed by atoms with E-state index in [2.05, 4.69) is 29.0 Å². The van der Waals surface area contributed by atoms with Crippen molar-refractivity contribution < 1.29 is 14.3 Å². The highest BCUT2D eigenvalue weighted by Crippen LogP contribution is 2.30. The summed E-state index contributed by atoms with van der Waals surface area (Å²) in [4.78, 5) is 9.03. The highest BCUT2D eigenvalue weighted by Gasteiger charge is 2.09. The standard InChI is InChI=1S/C24H22N2O3/c1-3-16-8-10-17(11-9-16)24-26-20-13-12-19(14-22(20)29-24)25-15-18-6-5-7-21(23(18)27)28-4-2/h5-15,27H,3-4H2,1-2H3. The first-order chi connectivity index (χ1) is 14.2. The Kier molecular flexibility index (Phi) is 5.29. The van der Waals surface area contributed by atoms with E-state index < -0.39 is 0 Å². The summed E-state index contributed by atoms with van der Waals surface area (Å²) >= 11 is 0. The van der Waals surface area contributed by atoms with Crippen LogP contribution in [0.2, 0.25) is 0 Å². The molecule has 1 heterocycles. The lowest BCUT2D eigenvalue weighted by Gasteiger charge is -2.07. The van der Waals surface area contributed by atoms with E-state index in [1.165, 1.54) is 5.56 Å². The van der Waals surface area contributed by atoms with Crippen molar-refractivity contribution in [2.24, 2.45) is 4.99 Å². The van der Waals surface area contributed by atoms with E-state index in [9.17, 15) is 5.11 Å². The van der Waals surface area contributed by atoms with Gasteiger partial charge in [-0.05, 0) is 55.3 Å². The monoisotopic (exact) mass is 386 g/mol. The van der Waals surface area contributed by atoms with E-state index >= 15 is 0 Å². The number of hydrogen-bond donors (Lipinski definition) is 1. The number of phenolic OH excluding ortho intramolecular Hbond substituents is 1. The lowest BCUT2D eigenvalue weighted by molar-refractivity contribution is 0.318. The summed E-state index contributed by atoms with van der Waals surface area (Å²) in [6, 6.07) is 19.1. The average molecular weight is 386 g/mol. The van der Waals surface area contributed by atoms with Crippen LogP contribution in [0.15, 0.2) is 70.1 Å². The Morgan fingerprint density at radius 2 is 1.90 bits per heavy atom. The third kappa shape index (κ3) is 3.99. The predicted molar refractivity (Wildman–Crippen MR) is 115 cm³/mol. The van der Waals surface area contributed by atoms with Crippen molar-refractivity contribution in [2.75, 3.05) is 6.61 Å². The molecule has 0 saturated heterocycles. The summed E-state index contributed by atoms with van der Waals surface area (Å²) in [5.74, 6) is 1.11. The van der Waals surface area contributed by atoms with E-state index in [4.69, 9.17) is 9.15 Å². The van der Waals surface area contributed by atoms with Gasteiger partial charge in [-0.1, -0.05) is 25.1 Å². The van der Waals surface area contributed by atoms with E-state index in [0.717, 1.165) is 17.5 Å². The Morgan fingerprint density at radius 1 is 1.07 bits per heavy atom. The summed E-state index contributed by atoms with van der Waals surface area (Å²) in [6.07, 6.45) is 2.61. The number of aryl methyl sites for hydroxylation is 1. The van der Waals surface area contributed by atoms with Crippen LogP contribution < -0.4 is 4.74 Å². The third-order valence-corrected chi connectivity index (χ3v) is 4.66. The van der Waals surface area contributed by atoms with Gasteiger partial charge in [-0.2, -0.15) is 0 Å². The second-order valence-corrected chi connectivity index (χ2v) is 6.61. The number of nitrogens with zero attached hydrogens (tertiary/aromatic N) is 2. The Bertz CT molecular complexity index is 1160. The molecule has 4 aromatic rings. The van der Waals surface area contributed by atoms with Gasteiger partial charge in [0.1, 0.15) is 5.52 Å². The van der Waals surface area contributed by atoms with Crippen LogP contribution in [0.5, 0.6) is 11.5 Å². The van der Waals surface area contributed by atoms with Crippen LogP contribution in [-0.4, -0.2) is 22.9 Å². The Balaban J connectivity index is 1.61. The van der Waals surface area contributed by atoms with Crippen LogP contribution in [0.25, 0.3) is 22.6 Å². The number of aliphatic imine (C=N–C) groups is 1. The largest absolute Gasteiger partial charge is 0.504 e. The van der Waals surface area contributed by atoms with Gasteiger partial charge in [-0.3, -0.25) is 4.99 Å². The first kappa shape index (κ1) is 18.7. The number of hydrogen-bond acceptors (Lipinski definition) is 5. The van der Waals surface area contributed by atoms with Crippen LogP contribution in [0, 0.1) is 0 Å². The quantitative estimate of drug-likeness (QED) is 0.418. The van der Waals surface area contributed by atoms with Gasteiger partial charge in [-0.25, -0.2) is 4.98 Å². The van der Waals surface area contributed by atoms with Gasteiger partial charge in [0.25, 0.3) is 0 Å². The summed E-state index contributed by atoms with van der Waals surface area (Å²) in [7, 11) is 0. The molecule has 5 heteroatoms. The molecule has 1 aromatic heterocycles. The van der Waals surface area contributed by atoms with Gasteiger partial charge in [-0.15, -0.1) is 0 Å². The van der Waals surface area contributed by atoms with Gasteiger partial charge < -0.3 is 14.3 Å². The maximum Gasteiger partial charge on any atom is 0.227 e. The zero-order valence-electron chi connectivity index (χ0n) is 16.4. The van der Waals surface area contributed by atoms with Crippen molar-refractivity contribution in [3.8, 4) is 23.0 Å². The molecule has 0 spiro atoms. The number of rotatable bonds is 6. The first-order valence-corrected chi connectivity index (χ1v) is 9.66. The Hall–Kier alpha value is -3.60. The van der Waals surface area contributed by atoms with Gasteiger partial charge in [0, 0.05) is 23.4 Å². The van der Waals surface area contributed by atoms with E-state index in [-0.39, 0.29) is 5.75 Å². The smallest absolute Gasteiger partial charge is 0.227 e. The van der Waals surface area contributed by atoms with Crippen molar-refractivity contribution in [1.82, 2.24) is 4.98 Å². The van der Waals surface area contributed by atoms with Crippen LogP contribution in [-0.2, 0) is 6.42 Å². The molecule has 29 heavy (non-hydrogen) atoms. The van der Waals surface area contributed by atoms with Gasteiger partial charge >= 0.3 is 0 Å². The minimum atomic E-state index is 0.0802. The minimum Gasteiger partial charge on any atom is -0.504 e. The lowest BCUT2D eigenvalue weighted by atomic mass is 10.1. The minimum absolute atomic E-state index is 0.0802. The zero-order valence-corrected chi connectivity index (χ0v) is 16.4. The highest BCUT2D eigenvalue weighted by molar-refractivity contribution is 5.88. The fraction of sp³-hybridized carbons (Fsp3) is 0.167. The van der Waals surface area contributed by atoms with Crippen LogP contribution >= 0.6 is 0 Å². The molecule has 0 radical (unpaired) electrons. The second kappa shape index (κ2) is 8.19. The van der Waals surface area contributed by atoms with Crippen molar-refractivity contribution in [3.05, 3.63) is 71.8 Å². The molecule has 5 nitrogen and oxygen atoms in total. The average Bonchev–Trinajstić information content (AvgIpc) is 3.18. The molecule has 146 valence electrons. The molecule has 4 rings (SSSR count). The van der Waals surface area contributed by atoms with Crippen LogP contribution in [0.3, 0.4) is 0 Å². The van der Waals surface area contributed by atoms with Gasteiger partial charge in [0.05, 0.1) is 12.3 Å². The maximum absolute atomic E-state index is 10.3. The third-order valence-electron chi connectivity index (χ3n) is 4.66. The number of benzene rings is 3. The number of aromatic hydroxyl groups is 1. The fourth-order valence-electron chi connectivity index (χ4n) is 3.06. The van der Waals surface area contributed by atoms with Crippen molar-refractivity contribution in [2.45, 2.75) is 20.3 Å². The molecule has 0 fully saturated rings. The van der Waals surface area contributed by atoms with E-state index in [1.54, 1.807) is 18.3 Å². The van der Waals surface area contributed by atoms with Crippen molar-refractivity contribution >= 4 is 23.0 Å². The van der Waals surface area contributed by atoms with E-state index in [0.29, 0.717) is 35.1 Å². The first-order valence-electron chi connectivity index (χ1n) is 9.66. The number of ether oxygens (including phenoxy) is 1. The molecule has 0 atom stereocenters. The Labute approximate surface area is 169 Å². The molecule has 0 aliphatic heterocycles. The van der Waals surface area contributed by atoms with Crippen LogP contribution in [0.4, 0.5) is 5.69 Å². The van der Waals surface area contributed by atoms with E-state index in [1.807, 2.05) is 43.3 Å². The fourth-order valence-corrected chi connectivity index (χ4v) is 3.06. The molecule has 3 aromatic carbocycles. The SMILES string of the molecule is CCOc1cccc(C=Nc2ccc3nc(-c4ccc(CC)cc4)oc3c2)c1O. The number of oxazole rings is 1.